The van der Waals surface area contributed by atoms with E-state index in [0.29, 0.717) is 18.2 Å². The highest BCUT2D eigenvalue weighted by Crippen LogP contribution is 2.22. The molecule has 9 heteroatoms. The largest absolute Gasteiger partial charge is 0.315 e. The summed E-state index contributed by atoms with van der Waals surface area (Å²) >= 11 is 1.18. The average molecular weight is 305 g/mol. The van der Waals surface area contributed by atoms with Gasteiger partial charge in [0.2, 0.25) is 5.13 Å². The van der Waals surface area contributed by atoms with Crippen molar-refractivity contribution in [2.75, 3.05) is 24.4 Å². The maximum atomic E-state index is 12.4. The van der Waals surface area contributed by atoms with E-state index in [1.54, 1.807) is 4.31 Å². The van der Waals surface area contributed by atoms with Crippen molar-refractivity contribution in [2.45, 2.75) is 32.2 Å². The number of piperidine rings is 1. The fourth-order valence-electron chi connectivity index (χ4n) is 2.19. The lowest BCUT2D eigenvalue weighted by Gasteiger charge is -2.34. The highest BCUT2D eigenvalue weighted by molar-refractivity contribution is 7.90. The fourth-order valence-corrected chi connectivity index (χ4v) is 4.31. The van der Waals surface area contributed by atoms with Gasteiger partial charge in [0.05, 0.1) is 0 Å². The average Bonchev–Trinajstić information content (AvgIpc) is 2.88. The summed E-state index contributed by atoms with van der Waals surface area (Å²) in [5.74, 6) is 0. The van der Waals surface area contributed by atoms with E-state index in [1.165, 1.54) is 16.8 Å². The number of anilines is 1. The van der Waals surface area contributed by atoms with Gasteiger partial charge in [-0.1, -0.05) is 24.7 Å². The summed E-state index contributed by atoms with van der Waals surface area (Å²) in [6.07, 6.45) is 2.87. The predicted molar refractivity (Wildman–Crippen MR) is 75.3 cm³/mol. The third-order valence-corrected chi connectivity index (χ3v) is 5.37. The fraction of sp³-hybridized carbons (Fsp3) is 0.800. The molecular weight excluding hydrogens is 286 g/mol. The molecule has 0 amide bonds. The van der Waals surface area contributed by atoms with Crippen LogP contribution in [0.2, 0.25) is 0 Å². The second kappa shape index (κ2) is 6.60. The van der Waals surface area contributed by atoms with Crippen molar-refractivity contribution in [1.82, 2.24) is 19.8 Å². The second-order valence-corrected chi connectivity index (χ2v) is 6.88. The van der Waals surface area contributed by atoms with E-state index < -0.39 is 10.2 Å². The number of aromatic nitrogens is 2. The zero-order valence-electron chi connectivity index (χ0n) is 10.9. The number of hydrogen-bond acceptors (Lipinski definition) is 6. The number of nitrogens with one attached hydrogen (secondary N) is 2. The number of likely N-dealkylation sites (N-methyl/N-ethyl adjacent to an activating group) is 1. The van der Waals surface area contributed by atoms with Crippen molar-refractivity contribution in [3.8, 4) is 0 Å². The van der Waals surface area contributed by atoms with Crippen LogP contribution in [0.4, 0.5) is 5.13 Å². The zero-order chi connectivity index (χ0) is 13.7. The van der Waals surface area contributed by atoms with Crippen LogP contribution in [0.3, 0.4) is 0 Å². The Morgan fingerprint density at radius 2 is 2.37 bits per heavy atom. The summed E-state index contributed by atoms with van der Waals surface area (Å²) in [6.45, 7) is 4.10. The third kappa shape index (κ3) is 3.85. The van der Waals surface area contributed by atoms with E-state index in [2.05, 4.69) is 20.2 Å². The molecule has 0 saturated carbocycles. The molecule has 1 saturated heterocycles. The van der Waals surface area contributed by atoms with Crippen LogP contribution < -0.4 is 10.0 Å². The molecule has 0 aromatic carbocycles. The van der Waals surface area contributed by atoms with Gasteiger partial charge in [0.1, 0.15) is 5.51 Å². The highest BCUT2D eigenvalue weighted by Gasteiger charge is 2.32. The van der Waals surface area contributed by atoms with E-state index >= 15 is 0 Å². The van der Waals surface area contributed by atoms with Crippen molar-refractivity contribution in [3.63, 3.8) is 0 Å². The lowest BCUT2D eigenvalue weighted by atomic mass is 10.1. The van der Waals surface area contributed by atoms with Gasteiger partial charge in [0.25, 0.3) is 0 Å². The van der Waals surface area contributed by atoms with Gasteiger partial charge in [-0.05, 0) is 19.4 Å². The van der Waals surface area contributed by atoms with Crippen LogP contribution >= 0.6 is 11.3 Å². The highest BCUT2D eigenvalue weighted by atomic mass is 32.2. The van der Waals surface area contributed by atoms with Crippen LogP contribution in [0.5, 0.6) is 0 Å². The molecule has 0 aliphatic carbocycles. The SMILES string of the molecule is CCNCC1CCCCN1S(=O)(=O)Nc1nncs1. The molecule has 0 spiro atoms. The first-order valence-corrected chi connectivity index (χ1v) is 8.72. The smallest absolute Gasteiger partial charge is 0.303 e. The van der Waals surface area contributed by atoms with Crippen LogP contribution in [0.1, 0.15) is 26.2 Å². The minimum Gasteiger partial charge on any atom is -0.315 e. The lowest BCUT2D eigenvalue weighted by Crippen LogP contribution is -2.50. The molecule has 2 rings (SSSR count). The first kappa shape index (κ1) is 14.6. The minimum absolute atomic E-state index is 0.0131. The molecule has 1 aliphatic heterocycles. The van der Waals surface area contributed by atoms with E-state index in [4.69, 9.17) is 0 Å². The molecule has 1 atom stereocenters. The molecule has 1 unspecified atom stereocenters. The summed E-state index contributed by atoms with van der Waals surface area (Å²) in [5.41, 5.74) is 1.50. The summed E-state index contributed by atoms with van der Waals surface area (Å²) in [5, 5.41) is 10.9. The van der Waals surface area contributed by atoms with Gasteiger partial charge < -0.3 is 5.32 Å². The van der Waals surface area contributed by atoms with Crippen LogP contribution in [-0.2, 0) is 10.2 Å². The normalized spacial score (nSPS) is 21.4. The molecule has 1 aromatic heterocycles. The van der Waals surface area contributed by atoms with Crippen molar-refractivity contribution in [2.24, 2.45) is 0 Å². The quantitative estimate of drug-likeness (QED) is 0.806. The first-order valence-electron chi connectivity index (χ1n) is 6.40. The van der Waals surface area contributed by atoms with Crippen LogP contribution in [0, 0.1) is 0 Å². The van der Waals surface area contributed by atoms with E-state index in [9.17, 15) is 8.42 Å². The van der Waals surface area contributed by atoms with Gasteiger partial charge in [-0.3, -0.25) is 0 Å². The number of hydrogen-bond donors (Lipinski definition) is 2. The molecule has 1 fully saturated rings. The van der Waals surface area contributed by atoms with Gasteiger partial charge in [0.15, 0.2) is 0 Å². The summed E-state index contributed by atoms with van der Waals surface area (Å²) in [6, 6.07) is 0.0131. The topological polar surface area (TPSA) is 87.2 Å². The van der Waals surface area contributed by atoms with Gasteiger partial charge >= 0.3 is 10.2 Å². The standard InChI is InChI=1S/C10H19N5O2S2/c1-2-11-7-9-5-3-4-6-15(9)19(16,17)14-10-13-12-8-18-10/h8-9,11H,2-7H2,1H3,(H,13,14). The molecule has 7 nitrogen and oxygen atoms in total. The van der Waals surface area contributed by atoms with Crippen LogP contribution in [0.25, 0.3) is 0 Å². The Bertz CT molecular complexity index is 476. The second-order valence-electron chi connectivity index (χ2n) is 4.42. The Morgan fingerprint density at radius 1 is 1.53 bits per heavy atom. The molecular formula is C10H19N5O2S2. The lowest BCUT2D eigenvalue weighted by molar-refractivity contribution is 0.248. The van der Waals surface area contributed by atoms with Crippen LogP contribution in [0.15, 0.2) is 5.51 Å². The Morgan fingerprint density at radius 3 is 3.05 bits per heavy atom. The predicted octanol–water partition coefficient (Wildman–Crippen LogP) is 0.659. The zero-order valence-corrected chi connectivity index (χ0v) is 12.5. The number of rotatable bonds is 6. The molecule has 0 radical (unpaired) electrons. The van der Waals surface area contributed by atoms with Crippen LogP contribution in [-0.4, -0.2) is 48.6 Å². The van der Waals surface area contributed by atoms with Gasteiger partial charge in [-0.15, -0.1) is 10.2 Å². The van der Waals surface area contributed by atoms with Crippen molar-refractivity contribution in [3.05, 3.63) is 5.51 Å². The Balaban J connectivity index is 2.07. The van der Waals surface area contributed by atoms with E-state index in [1.807, 2.05) is 6.92 Å². The minimum atomic E-state index is -3.53. The Labute approximate surface area is 117 Å². The third-order valence-electron chi connectivity index (χ3n) is 3.09. The van der Waals surface area contributed by atoms with Crippen molar-refractivity contribution in [1.29, 1.82) is 0 Å². The summed E-state index contributed by atoms with van der Waals surface area (Å²) in [7, 11) is -3.53. The monoisotopic (exact) mass is 305 g/mol. The Hall–Kier alpha value is -0.770. The molecule has 2 N–H and O–H groups in total. The number of nitrogens with zero attached hydrogens (tertiary/aromatic N) is 3. The molecule has 1 aliphatic rings. The van der Waals surface area contributed by atoms with Crippen molar-refractivity contribution >= 4 is 26.7 Å². The van der Waals surface area contributed by atoms with Crippen molar-refractivity contribution < 1.29 is 8.42 Å². The summed E-state index contributed by atoms with van der Waals surface area (Å²) < 4.78 is 28.7. The molecule has 19 heavy (non-hydrogen) atoms. The molecule has 108 valence electrons. The maximum absolute atomic E-state index is 12.4. The van der Waals surface area contributed by atoms with Gasteiger partial charge in [-0.2, -0.15) is 12.7 Å². The Kier molecular flexibility index (Phi) is 5.08. The summed E-state index contributed by atoms with van der Waals surface area (Å²) in [4.78, 5) is 0. The maximum Gasteiger partial charge on any atom is 0.303 e. The van der Waals surface area contributed by atoms with E-state index in [-0.39, 0.29) is 6.04 Å². The molecule has 0 bridgehead atoms. The van der Waals surface area contributed by atoms with E-state index in [0.717, 1.165) is 25.8 Å². The van der Waals surface area contributed by atoms with Gasteiger partial charge in [-0.25, -0.2) is 4.72 Å². The molecule has 2 heterocycles. The van der Waals surface area contributed by atoms with Gasteiger partial charge in [0, 0.05) is 19.1 Å². The first-order chi connectivity index (χ1) is 9.13. The molecule has 1 aromatic rings.